The molecule has 1 aromatic carbocycles. The Bertz CT molecular complexity index is 1100. The number of aromatic nitrogens is 2. The first kappa shape index (κ1) is 16.4. The third-order valence-electron chi connectivity index (χ3n) is 5.16. The summed E-state index contributed by atoms with van der Waals surface area (Å²) in [6.07, 6.45) is 2.85. The van der Waals surface area contributed by atoms with E-state index in [1.54, 1.807) is 11.3 Å². The highest BCUT2D eigenvalue weighted by atomic mass is 32.1. The van der Waals surface area contributed by atoms with Gasteiger partial charge in [-0.1, -0.05) is 0 Å². The predicted octanol–water partition coefficient (Wildman–Crippen LogP) is 2.82. The molecule has 2 aromatic heterocycles. The summed E-state index contributed by atoms with van der Waals surface area (Å²) in [6.45, 7) is 1.38. The number of imidazole rings is 1. The van der Waals surface area contributed by atoms with Crippen LogP contribution in [-0.2, 0) is 17.8 Å². The Balaban J connectivity index is 1.50. The Kier molecular flexibility index (Phi) is 3.58. The maximum absolute atomic E-state index is 13.8. The van der Waals surface area contributed by atoms with Gasteiger partial charge >= 0.3 is 0 Å². The summed E-state index contributed by atoms with van der Waals surface area (Å²) in [5.74, 6) is -0.179. The van der Waals surface area contributed by atoms with Crippen molar-refractivity contribution >= 4 is 34.2 Å². The molecule has 0 saturated heterocycles. The molecule has 8 heteroatoms. The van der Waals surface area contributed by atoms with E-state index < -0.39 is 11.7 Å². The molecule has 27 heavy (non-hydrogen) atoms. The number of aromatic amines is 1. The molecule has 0 atom stereocenters. The summed E-state index contributed by atoms with van der Waals surface area (Å²) in [5.41, 5.74) is 7.37. The monoisotopic (exact) mass is 384 g/mol. The van der Waals surface area contributed by atoms with E-state index in [2.05, 4.69) is 9.97 Å². The Morgan fingerprint density at radius 2 is 2.11 bits per heavy atom. The van der Waals surface area contributed by atoms with Crippen LogP contribution in [0, 0.1) is 11.7 Å². The lowest BCUT2D eigenvalue weighted by Crippen LogP contribution is -2.36. The third-order valence-corrected chi connectivity index (χ3v) is 6.40. The fraction of sp³-hybridized carbons (Fsp3) is 0.316. The second kappa shape index (κ2) is 5.88. The normalized spacial score (nSPS) is 16.6. The zero-order valence-corrected chi connectivity index (χ0v) is 15.2. The molecule has 3 aromatic rings. The van der Waals surface area contributed by atoms with Crippen molar-refractivity contribution in [2.45, 2.75) is 25.8 Å². The molecule has 0 unspecified atom stereocenters. The number of benzene rings is 1. The van der Waals surface area contributed by atoms with E-state index in [1.165, 1.54) is 10.9 Å². The number of fused-ring (bicyclic) bond motifs is 2. The summed E-state index contributed by atoms with van der Waals surface area (Å²) < 4.78 is 13.8. The maximum Gasteiger partial charge on any atom is 0.251 e. The molecule has 1 aliphatic heterocycles. The number of nitrogens with two attached hydrogens (primary N) is 1. The summed E-state index contributed by atoms with van der Waals surface area (Å²) in [7, 11) is 0. The van der Waals surface area contributed by atoms with Gasteiger partial charge in [0.1, 0.15) is 17.2 Å². The van der Waals surface area contributed by atoms with Gasteiger partial charge in [-0.3, -0.25) is 9.59 Å². The van der Waals surface area contributed by atoms with Gasteiger partial charge in [-0.05, 0) is 43.0 Å². The van der Waals surface area contributed by atoms with E-state index in [1.807, 2.05) is 11.0 Å². The highest BCUT2D eigenvalue weighted by molar-refractivity contribution is 7.15. The van der Waals surface area contributed by atoms with Gasteiger partial charge in [-0.25, -0.2) is 9.37 Å². The average molecular weight is 384 g/mol. The fourth-order valence-electron chi connectivity index (χ4n) is 3.61. The fourth-order valence-corrected chi connectivity index (χ4v) is 4.72. The van der Waals surface area contributed by atoms with E-state index in [9.17, 15) is 14.0 Å². The van der Waals surface area contributed by atoms with Gasteiger partial charge < -0.3 is 15.6 Å². The predicted molar refractivity (Wildman–Crippen MR) is 99.7 cm³/mol. The Morgan fingerprint density at radius 3 is 2.85 bits per heavy atom. The molecule has 1 saturated carbocycles. The molecule has 0 bridgehead atoms. The van der Waals surface area contributed by atoms with Gasteiger partial charge in [0.25, 0.3) is 5.91 Å². The first-order chi connectivity index (χ1) is 13.0. The molecule has 138 valence electrons. The molecular formula is C19H17FN4O2S. The van der Waals surface area contributed by atoms with Gasteiger partial charge in [-0.2, -0.15) is 0 Å². The van der Waals surface area contributed by atoms with Crippen molar-refractivity contribution in [1.29, 1.82) is 0 Å². The SMILES string of the molecule is NC(=O)c1cc(F)cc2[nH]c(-c3cc4c(s3)CCN(C(=O)C3CC3)C4)nc12. The number of nitrogens with one attached hydrogen (secondary N) is 1. The minimum atomic E-state index is -0.711. The zero-order chi connectivity index (χ0) is 18.7. The standard InChI is InChI=1S/C19H17FN4O2S/c20-11-6-12(17(21)25)16-13(7-11)22-18(23-16)15-5-10-8-24(4-3-14(10)27-15)19(26)9-1-2-9/h5-7,9H,1-4,8H2,(H2,21,25)(H,22,23). The second-order valence-corrected chi connectivity index (χ2v) is 8.28. The number of amides is 2. The van der Waals surface area contributed by atoms with E-state index >= 15 is 0 Å². The van der Waals surface area contributed by atoms with Gasteiger partial charge in [0.15, 0.2) is 0 Å². The smallest absolute Gasteiger partial charge is 0.251 e. The molecule has 3 N–H and O–H groups in total. The number of hydrogen-bond donors (Lipinski definition) is 2. The number of carbonyl (C=O) groups excluding carboxylic acids is 2. The van der Waals surface area contributed by atoms with Crippen LogP contribution in [-0.4, -0.2) is 33.2 Å². The molecule has 0 radical (unpaired) electrons. The lowest BCUT2D eigenvalue weighted by molar-refractivity contribution is -0.133. The number of H-pyrrole nitrogens is 1. The van der Waals surface area contributed by atoms with Crippen LogP contribution in [0.4, 0.5) is 4.39 Å². The van der Waals surface area contributed by atoms with Crippen molar-refractivity contribution < 1.29 is 14.0 Å². The highest BCUT2D eigenvalue weighted by Crippen LogP contribution is 2.37. The number of thiophene rings is 1. The third kappa shape index (κ3) is 2.80. The van der Waals surface area contributed by atoms with Crippen LogP contribution in [0.2, 0.25) is 0 Å². The first-order valence-corrected chi connectivity index (χ1v) is 9.71. The van der Waals surface area contributed by atoms with Gasteiger partial charge in [0.05, 0.1) is 16.0 Å². The maximum atomic E-state index is 13.8. The topological polar surface area (TPSA) is 92.1 Å². The Morgan fingerprint density at radius 1 is 1.30 bits per heavy atom. The number of nitrogens with zero attached hydrogens (tertiary/aromatic N) is 2. The number of primary amides is 1. The van der Waals surface area contributed by atoms with E-state index in [0.29, 0.717) is 23.4 Å². The minimum absolute atomic E-state index is 0.0648. The molecular weight excluding hydrogens is 367 g/mol. The van der Waals surface area contributed by atoms with E-state index in [0.717, 1.165) is 42.3 Å². The van der Waals surface area contributed by atoms with Crippen LogP contribution in [0.5, 0.6) is 0 Å². The van der Waals surface area contributed by atoms with Crippen LogP contribution in [0.15, 0.2) is 18.2 Å². The number of rotatable bonds is 3. The van der Waals surface area contributed by atoms with Crippen LogP contribution < -0.4 is 5.73 Å². The minimum Gasteiger partial charge on any atom is -0.366 e. The lowest BCUT2D eigenvalue weighted by atomic mass is 10.1. The highest BCUT2D eigenvalue weighted by Gasteiger charge is 2.35. The molecule has 1 aliphatic carbocycles. The quantitative estimate of drug-likeness (QED) is 0.727. The number of halogens is 1. The Hall–Kier alpha value is -2.74. The van der Waals surface area contributed by atoms with E-state index in [4.69, 9.17) is 5.73 Å². The average Bonchev–Trinajstić information content (AvgIpc) is 3.26. The zero-order valence-electron chi connectivity index (χ0n) is 14.4. The van der Waals surface area contributed by atoms with Crippen LogP contribution in [0.1, 0.15) is 33.6 Å². The summed E-state index contributed by atoms with van der Waals surface area (Å²) >= 11 is 1.62. The van der Waals surface area contributed by atoms with Crippen molar-refractivity contribution in [3.05, 3.63) is 40.0 Å². The largest absolute Gasteiger partial charge is 0.366 e. The van der Waals surface area contributed by atoms with Crippen LogP contribution >= 0.6 is 11.3 Å². The number of carbonyl (C=O) groups is 2. The van der Waals surface area contributed by atoms with Crippen molar-refractivity contribution in [3.63, 3.8) is 0 Å². The molecule has 2 amide bonds. The molecule has 2 aliphatic rings. The molecule has 3 heterocycles. The molecule has 6 nitrogen and oxygen atoms in total. The lowest BCUT2D eigenvalue weighted by Gasteiger charge is -2.27. The van der Waals surface area contributed by atoms with Crippen molar-refractivity contribution in [1.82, 2.24) is 14.9 Å². The van der Waals surface area contributed by atoms with E-state index in [-0.39, 0.29) is 17.4 Å². The molecule has 5 rings (SSSR count). The summed E-state index contributed by atoms with van der Waals surface area (Å²) in [5, 5.41) is 0. The number of hydrogen-bond acceptors (Lipinski definition) is 4. The molecule has 0 spiro atoms. The van der Waals surface area contributed by atoms with Crippen LogP contribution in [0.3, 0.4) is 0 Å². The molecule has 1 fully saturated rings. The van der Waals surface area contributed by atoms with Crippen molar-refractivity contribution in [3.8, 4) is 10.7 Å². The first-order valence-electron chi connectivity index (χ1n) is 8.89. The second-order valence-electron chi connectivity index (χ2n) is 7.14. The summed E-state index contributed by atoms with van der Waals surface area (Å²) in [4.78, 5) is 35.6. The Labute approximate surface area is 158 Å². The summed E-state index contributed by atoms with van der Waals surface area (Å²) in [6, 6.07) is 4.45. The van der Waals surface area contributed by atoms with Crippen molar-refractivity contribution in [2.24, 2.45) is 11.7 Å². The van der Waals surface area contributed by atoms with Crippen molar-refractivity contribution in [2.75, 3.05) is 6.54 Å². The van der Waals surface area contributed by atoms with Gasteiger partial charge in [-0.15, -0.1) is 11.3 Å². The van der Waals surface area contributed by atoms with Crippen LogP contribution in [0.25, 0.3) is 21.7 Å². The van der Waals surface area contributed by atoms with Gasteiger partial charge in [0, 0.05) is 23.9 Å². The van der Waals surface area contributed by atoms with Gasteiger partial charge in [0.2, 0.25) is 5.91 Å².